The van der Waals surface area contributed by atoms with E-state index in [1.54, 1.807) is 0 Å². The Morgan fingerprint density at radius 1 is 1.35 bits per heavy atom. The lowest BCUT2D eigenvalue weighted by atomic mass is 10.0. The summed E-state index contributed by atoms with van der Waals surface area (Å²) in [5, 5.41) is 3.52. The van der Waals surface area contributed by atoms with Gasteiger partial charge >= 0.3 is 0 Å². The average Bonchev–Trinajstić information content (AvgIpc) is 2.72. The molecule has 0 saturated carbocycles. The van der Waals surface area contributed by atoms with Crippen LogP contribution in [0.25, 0.3) is 10.4 Å². The van der Waals surface area contributed by atoms with Crippen LogP contribution >= 0.6 is 27.3 Å². The Bertz CT molecular complexity index is 547. The summed E-state index contributed by atoms with van der Waals surface area (Å²) in [5.74, 6) is 0. The highest BCUT2D eigenvalue weighted by atomic mass is 79.9. The third-order valence-corrected chi connectivity index (χ3v) is 5.08. The fourth-order valence-electron chi connectivity index (χ4n) is 2.25. The van der Waals surface area contributed by atoms with Crippen LogP contribution in [0.15, 0.2) is 34.8 Å². The second-order valence-electron chi connectivity index (χ2n) is 4.52. The SMILES string of the molecule is CC1Cc2cc(-c3ccccc3Br)sc2CN1. The molecule has 1 N–H and O–H groups in total. The van der Waals surface area contributed by atoms with Crippen molar-refractivity contribution in [2.45, 2.75) is 25.9 Å². The first-order valence-corrected chi connectivity index (χ1v) is 7.45. The number of nitrogens with one attached hydrogen (secondary N) is 1. The number of hydrogen-bond donors (Lipinski definition) is 1. The topological polar surface area (TPSA) is 12.0 Å². The number of benzene rings is 1. The van der Waals surface area contributed by atoms with Gasteiger partial charge in [0, 0.05) is 32.4 Å². The lowest BCUT2D eigenvalue weighted by molar-refractivity contribution is 0.520. The van der Waals surface area contributed by atoms with Crippen molar-refractivity contribution in [2.75, 3.05) is 0 Å². The van der Waals surface area contributed by atoms with E-state index in [1.807, 2.05) is 11.3 Å². The molecule has 1 aliphatic heterocycles. The van der Waals surface area contributed by atoms with E-state index in [9.17, 15) is 0 Å². The van der Waals surface area contributed by atoms with Gasteiger partial charge in [0.15, 0.2) is 0 Å². The van der Waals surface area contributed by atoms with Crippen molar-refractivity contribution in [3.63, 3.8) is 0 Å². The standard InChI is InChI=1S/C14H14BrNS/c1-9-6-10-7-13(17-14(10)8-16-9)11-4-2-3-5-12(11)15/h2-5,7,9,16H,6,8H2,1H3. The van der Waals surface area contributed by atoms with Gasteiger partial charge in [-0.05, 0) is 31.0 Å². The summed E-state index contributed by atoms with van der Waals surface area (Å²) in [4.78, 5) is 2.87. The molecule has 0 saturated heterocycles. The van der Waals surface area contributed by atoms with Gasteiger partial charge in [-0.1, -0.05) is 34.1 Å². The summed E-state index contributed by atoms with van der Waals surface area (Å²) >= 11 is 5.54. The monoisotopic (exact) mass is 307 g/mol. The van der Waals surface area contributed by atoms with Crippen LogP contribution < -0.4 is 5.32 Å². The van der Waals surface area contributed by atoms with Crippen LogP contribution in [0.3, 0.4) is 0 Å². The molecular weight excluding hydrogens is 294 g/mol. The van der Waals surface area contributed by atoms with Crippen LogP contribution in [0.2, 0.25) is 0 Å². The Hall–Kier alpha value is -0.640. The summed E-state index contributed by atoms with van der Waals surface area (Å²) in [6.07, 6.45) is 1.15. The number of rotatable bonds is 1. The first-order valence-electron chi connectivity index (χ1n) is 5.84. The van der Waals surface area contributed by atoms with Gasteiger partial charge in [-0.2, -0.15) is 0 Å². The molecule has 2 heterocycles. The third kappa shape index (κ3) is 2.19. The third-order valence-electron chi connectivity index (χ3n) is 3.17. The van der Waals surface area contributed by atoms with Crippen molar-refractivity contribution in [1.29, 1.82) is 0 Å². The first-order chi connectivity index (χ1) is 8.24. The molecule has 1 nitrogen and oxygen atoms in total. The molecule has 88 valence electrons. The largest absolute Gasteiger partial charge is 0.309 e. The van der Waals surface area contributed by atoms with E-state index in [0.717, 1.165) is 13.0 Å². The van der Waals surface area contributed by atoms with Crippen LogP contribution in [0.4, 0.5) is 0 Å². The number of thiophene rings is 1. The molecule has 1 aliphatic rings. The normalized spacial score (nSPS) is 19.1. The Morgan fingerprint density at radius 2 is 2.18 bits per heavy atom. The average molecular weight is 308 g/mol. The van der Waals surface area contributed by atoms with Crippen molar-refractivity contribution in [3.8, 4) is 10.4 Å². The minimum atomic E-state index is 0.601. The fourth-order valence-corrected chi connectivity index (χ4v) is 4.06. The van der Waals surface area contributed by atoms with Crippen molar-refractivity contribution in [3.05, 3.63) is 45.2 Å². The second kappa shape index (κ2) is 4.56. The van der Waals surface area contributed by atoms with E-state index >= 15 is 0 Å². The first kappa shape index (κ1) is 11.5. The Morgan fingerprint density at radius 3 is 3.00 bits per heavy atom. The molecule has 1 aromatic heterocycles. The summed E-state index contributed by atoms with van der Waals surface area (Å²) in [7, 11) is 0. The molecule has 0 fully saturated rings. The predicted octanol–water partition coefficient (Wildman–Crippen LogP) is 4.21. The molecule has 1 unspecified atom stereocenters. The van der Waals surface area contributed by atoms with Crippen LogP contribution in [-0.2, 0) is 13.0 Å². The maximum atomic E-state index is 3.63. The quantitative estimate of drug-likeness (QED) is 0.832. The Kier molecular flexibility index (Phi) is 3.07. The van der Waals surface area contributed by atoms with Gasteiger partial charge in [-0.25, -0.2) is 0 Å². The van der Waals surface area contributed by atoms with E-state index in [0.29, 0.717) is 6.04 Å². The van der Waals surface area contributed by atoms with Crippen LogP contribution in [0.5, 0.6) is 0 Å². The van der Waals surface area contributed by atoms with Crippen LogP contribution in [-0.4, -0.2) is 6.04 Å². The molecule has 0 amide bonds. The lowest BCUT2D eigenvalue weighted by Gasteiger charge is -2.19. The highest BCUT2D eigenvalue weighted by molar-refractivity contribution is 9.10. The number of halogens is 1. The van der Waals surface area contributed by atoms with E-state index in [2.05, 4.69) is 58.5 Å². The summed E-state index contributed by atoms with van der Waals surface area (Å²) in [6.45, 7) is 3.27. The molecular formula is C14H14BrNS. The molecule has 17 heavy (non-hydrogen) atoms. The molecule has 0 bridgehead atoms. The highest BCUT2D eigenvalue weighted by Crippen LogP contribution is 2.37. The van der Waals surface area contributed by atoms with Gasteiger partial charge in [-0.3, -0.25) is 0 Å². The molecule has 1 aromatic carbocycles. The van der Waals surface area contributed by atoms with Gasteiger partial charge in [0.1, 0.15) is 0 Å². The molecule has 3 rings (SSSR count). The van der Waals surface area contributed by atoms with Crippen LogP contribution in [0, 0.1) is 0 Å². The molecule has 0 aliphatic carbocycles. The number of fused-ring (bicyclic) bond motifs is 1. The molecule has 3 heteroatoms. The van der Waals surface area contributed by atoms with E-state index in [1.165, 1.54) is 25.4 Å². The smallest absolute Gasteiger partial charge is 0.0360 e. The van der Waals surface area contributed by atoms with Crippen LogP contribution in [0.1, 0.15) is 17.4 Å². The van der Waals surface area contributed by atoms with E-state index in [-0.39, 0.29) is 0 Å². The molecule has 0 spiro atoms. The van der Waals surface area contributed by atoms with E-state index < -0.39 is 0 Å². The Labute approximate surface area is 114 Å². The summed E-state index contributed by atoms with van der Waals surface area (Å²) in [5.41, 5.74) is 2.83. The zero-order valence-corrected chi connectivity index (χ0v) is 12.1. The van der Waals surface area contributed by atoms with E-state index in [4.69, 9.17) is 0 Å². The van der Waals surface area contributed by atoms with Gasteiger partial charge < -0.3 is 5.32 Å². The molecule has 2 aromatic rings. The van der Waals surface area contributed by atoms with Crippen molar-refractivity contribution < 1.29 is 0 Å². The van der Waals surface area contributed by atoms with Crippen molar-refractivity contribution in [2.24, 2.45) is 0 Å². The van der Waals surface area contributed by atoms with Gasteiger partial charge in [0.05, 0.1) is 0 Å². The van der Waals surface area contributed by atoms with Crippen molar-refractivity contribution in [1.82, 2.24) is 5.32 Å². The maximum absolute atomic E-state index is 3.63. The van der Waals surface area contributed by atoms with Gasteiger partial charge in [-0.15, -0.1) is 11.3 Å². The lowest BCUT2D eigenvalue weighted by Crippen LogP contribution is -2.31. The zero-order valence-electron chi connectivity index (χ0n) is 9.66. The second-order valence-corrected chi connectivity index (χ2v) is 6.52. The predicted molar refractivity (Wildman–Crippen MR) is 77.5 cm³/mol. The van der Waals surface area contributed by atoms with Crippen molar-refractivity contribution >= 4 is 27.3 Å². The fraction of sp³-hybridized carbons (Fsp3) is 0.286. The molecule has 0 radical (unpaired) electrons. The molecule has 1 atom stereocenters. The van der Waals surface area contributed by atoms with Gasteiger partial charge in [0.25, 0.3) is 0 Å². The number of hydrogen-bond acceptors (Lipinski definition) is 2. The summed E-state index contributed by atoms with van der Waals surface area (Å²) in [6, 6.07) is 11.4. The summed E-state index contributed by atoms with van der Waals surface area (Å²) < 4.78 is 1.18. The Balaban J connectivity index is 2.03. The minimum absolute atomic E-state index is 0.601. The highest BCUT2D eigenvalue weighted by Gasteiger charge is 2.18. The zero-order chi connectivity index (χ0) is 11.8. The maximum Gasteiger partial charge on any atom is 0.0360 e. The van der Waals surface area contributed by atoms with Gasteiger partial charge in [0.2, 0.25) is 0 Å². The minimum Gasteiger partial charge on any atom is -0.309 e.